The second-order valence-electron chi connectivity index (χ2n) is 3.75. The van der Waals surface area contributed by atoms with Crippen molar-refractivity contribution in [3.8, 4) is 0 Å². The van der Waals surface area contributed by atoms with E-state index in [1.807, 2.05) is 0 Å². The first-order valence-electron chi connectivity index (χ1n) is 5.15. The molecule has 17 heavy (non-hydrogen) atoms. The van der Waals surface area contributed by atoms with Crippen LogP contribution in [0.2, 0.25) is 0 Å². The van der Waals surface area contributed by atoms with Crippen molar-refractivity contribution in [3.63, 3.8) is 0 Å². The van der Waals surface area contributed by atoms with Crippen LogP contribution in [0.25, 0.3) is 0 Å². The van der Waals surface area contributed by atoms with E-state index in [2.05, 4.69) is 5.32 Å². The van der Waals surface area contributed by atoms with Crippen LogP contribution < -0.4 is 16.8 Å². The first-order chi connectivity index (χ1) is 7.89. The molecule has 1 rings (SSSR count). The van der Waals surface area contributed by atoms with Crippen LogP contribution in [-0.2, 0) is 10.0 Å². The lowest BCUT2D eigenvalue weighted by atomic mass is 10.2. The zero-order chi connectivity index (χ0) is 13.1. The Morgan fingerprint density at radius 2 is 2.00 bits per heavy atom. The molecule has 0 saturated heterocycles. The van der Waals surface area contributed by atoms with Crippen molar-refractivity contribution in [1.29, 1.82) is 0 Å². The van der Waals surface area contributed by atoms with E-state index in [4.69, 9.17) is 11.5 Å². The van der Waals surface area contributed by atoms with Crippen LogP contribution >= 0.6 is 0 Å². The molecule has 0 aliphatic heterocycles. The zero-order valence-corrected chi connectivity index (χ0v) is 10.8. The maximum Gasteiger partial charge on any atom is 0.242 e. The molecule has 0 spiro atoms. The Morgan fingerprint density at radius 3 is 2.53 bits per heavy atom. The summed E-state index contributed by atoms with van der Waals surface area (Å²) in [6.45, 7) is 0.986. The van der Waals surface area contributed by atoms with Gasteiger partial charge in [0.15, 0.2) is 0 Å². The highest BCUT2D eigenvalue weighted by molar-refractivity contribution is 7.89. The summed E-state index contributed by atoms with van der Waals surface area (Å²) in [4.78, 5) is 0.205. The van der Waals surface area contributed by atoms with Crippen LogP contribution in [-0.4, -0.2) is 39.9 Å². The topological polar surface area (TPSA) is 101 Å². The number of nitrogens with one attached hydrogen (secondary N) is 1. The fourth-order valence-electron chi connectivity index (χ4n) is 1.27. The summed E-state index contributed by atoms with van der Waals surface area (Å²) in [6, 6.07) is 4.56. The summed E-state index contributed by atoms with van der Waals surface area (Å²) in [6.07, 6.45) is 0. The van der Waals surface area contributed by atoms with E-state index in [1.54, 1.807) is 6.07 Å². The molecule has 6 nitrogen and oxygen atoms in total. The van der Waals surface area contributed by atoms with Gasteiger partial charge in [-0.25, -0.2) is 12.7 Å². The summed E-state index contributed by atoms with van der Waals surface area (Å²) < 4.78 is 25.0. The highest BCUT2D eigenvalue weighted by atomic mass is 32.2. The predicted molar refractivity (Wildman–Crippen MR) is 69.3 cm³/mol. The van der Waals surface area contributed by atoms with Gasteiger partial charge in [0, 0.05) is 27.2 Å². The Hall–Kier alpha value is -1.31. The van der Waals surface area contributed by atoms with Crippen molar-refractivity contribution in [3.05, 3.63) is 18.2 Å². The molecule has 0 aromatic heterocycles. The second kappa shape index (κ2) is 5.35. The van der Waals surface area contributed by atoms with Gasteiger partial charge in [0.1, 0.15) is 0 Å². The van der Waals surface area contributed by atoms with Gasteiger partial charge in [0.05, 0.1) is 16.3 Å². The van der Waals surface area contributed by atoms with Crippen molar-refractivity contribution in [2.45, 2.75) is 4.90 Å². The lowest BCUT2D eigenvalue weighted by molar-refractivity contribution is 0.521. The maximum absolute atomic E-state index is 11.9. The van der Waals surface area contributed by atoms with Crippen molar-refractivity contribution in [1.82, 2.24) is 4.31 Å². The first-order valence-corrected chi connectivity index (χ1v) is 6.59. The molecular weight excluding hydrogens is 240 g/mol. The number of hydrogen-bond donors (Lipinski definition) is 3. The fraction of sp³-hybridized carbons (Fsp3) is 0.400. The molecule has 5 N–H and O–H groups in total. The minimum absolute atomic E-state index is 0.205. The Kier molecular flexibility index (Phi) is 4.33. The number of nitrogens with zero attached hydrogens (tertiary/aromatic N) is 1. The van der Waals surface area contributed by atoms with Gasteiger partial charge in [-0.05, 0) is 18.2 Å². The Balaban J connectivity index is 3.13. The van der Waals surface area contributed by atoms with E-state index in [0.717, 1.165) is 4.31 Å². The molecule has 0 bridgehead atoms. The maximum atomic E-state index is 11.9. The van der Waals surface area contributed by atoms with E-state index in [-0.39, 0.29) is 4.90 Å². The smallest absolute Gasteiger partial charge is 0.242 e. The summed E-state index contributed by atoms with van der Waals surface area (Å²) >= 11 is 0. The summed E-state index contributed by atoms with van der Waals surface area (Å²) in [5, 5.41) is 2.98. The highest BCUT2D eigenvalue weighted by Gasteiger charge is 2.18. The van der Waals surface area contributed by atoms with Crippen LogP contribution in [0.4, 0.5) is 11.4 Å². The van der Waals surface area contributed by atoms with Gasteiger partial charge in [0.2, 0.25) is 10.0 Å². The van der Waals surface area contributed by atoms with Crippen LogP contribution in [0, 0.1) is 0 Å². The number of nitrogens with two attached hydrogens (primary N) is 2. The largest absolute Gasteiger partial charge is 0.397 e. The molecule has 0 radical (unpaired) electrons. The number of anilines is 2. The minimum Gasteiger partial charge on any atom is -0.397 e. The molecule has 7 heteroatoms. The monoisotopic (exact) mass is 258 g/mol. The molecule has 0 fully saturated rings. The molecule has 0 atom stereocenters. The Morgan fingerprint density at radius 1 is 1.35 bits per heavy atom. The predicted octanol–water partition coefficient (Wildman–Crippen LogP) is -0.110. The molecule has 0 aliphatic rings. The van der Waals surface area contributed by atoms with Crippen molar-refractivity contribution in [2.24, 2.45) is 5.73 Å². The number of hydrogen-bond acceptors (Lipinski definition) is 5. The molecule has 1 aromatic rings. The third kappa shape index (κ3) is 3.09. The molecule has 96 valence electrons. The van der Waals surface area contributed by atoms with E-state index in [9.17, 15) is 8.42 Å². The fourth-order valence-corrected chi connectivity index (χ4v) is 2.20. The number of benzene rings is 1. The lowest BCUT2D eigenvalue weighted by Crippen LogP contribution is -2.22. The molecule has 0 heterocycles. The van der Waals surface area contributed by atoms with E-state index in [0.29, 0.717) is 24.5 Å². The third-order valence-corrected chi connectivity index (χ3v) is 4.07. The SMILES string of the molecule is CN(C)S(=O)(=O)c1ccc(N)c(NCCN)c1. The van der Waals surface area contributed by atoms with E-state index in [1.165, 1.54) is 26.2 Å². The van der Waals surface area contributed by atoms with Gasteiger partial charge >= 0.3 is 0 Å². The quantitative estimate of drug-likeness (QED) is 0.640. The average molecular weight is 258 g/mol. The summed E-state index contributed by atoms with van der Waals surface area (Å²) in [5.74, 6) is 0. The molecular formula is C10H18N4O2S. The van der Waals surface area contributed by atoms with Crippen LogP contribution in [0.15, 0.2) is 23.1 Å². The molecule has 0 amide bonds. The van der Waals surface area contributed by atoms with Crippen molar-refractivity contribution in [2.75, 3.05) is 38.2 Å². The zero-order valence-electron chi connectivity index (χ0n) is 9.97. The normalized spacial score (nSPS) is 11.8. The second-order valence-corrected chi connectivity index (χ2v) is 5.90. The Bertz CT molecular complexity index is 485. The van der Waals surface area contributed by atoms with Crippen molar-refractivity contribution >= 4 is 21.4 Å². The van der Waals surface area contributed by atoms with Gasteiger partial charge in [-0.3, -0.25) is 0 Å². The molecule has 1 aromatic carbocycles. The summed E-state index contributed by atoms with van der Waals surface area (Å²) in [5.41, 5.74) is 12.2. The number of sulfonamides is 1. The van der Waals surface area contributed by atoms with Crippen LogP contribution in [0.3, 0.4) is 0 Å². The van der Waals surface area contributed by atoms with Gasteiger partial charge in [0.25, 0.3) is 0 Å². The average Bonchev–Trinajstić information content (AvgIpc) is 2.27. The number of nitrogen functional groups attached to an aromatic ring is 1. The first kappa shape index (κ1) is 13.8. The van der Waals surface area contributed by atoms with E-state index < -0.39 is 10.0 Å². The number of rotatable bonds is 5. The van der Waals surface area contributed by atoms with Gasteiger partial charge in [-0.2, -0.15) is 0 Å². The standard InChI is InChI=1S/C10H18N4O2S/c1-14(2)17(15,16)8-3-4-9(12)10(7-8)13-6-5-11/h3-4,7,13H,5-6,11-12H2,1-2H3. The summed E-state index contributed by atoms with van der Waals surface area (Å²) in [7, 11) is -0.465. The van der Waals surface area contributed by atoms with Crippen LogP contribution in [0.1, 0.15) is 0 Å². The van der Waals surface area contributed by atoms with Crippen LogP contribution in [0.5, 0.6) is 0 Å². The Labute approximate surface area is 102 Å². The van der Waals surface area contributed by atoms with Crippen molar-refractivity contribution < 1.29 is 8.42 Å². The van der Waals surface area contributed by atoms with Gasteiger partial charge < -0.3 is 16.8 Å². The molecule has 0 saturated carbocycles. The highest BCUT2D eigenvalue weighted by Crippen LogP contribution is 2.23. The third-order valence-electron chi connectivity index (χ3n) is 2.26. The van der Waals surface area contributed by atoms with Gasteiger partial charge in [-0.15, -0.1) is 0 Å². The lowest BCUT2D eigenvalue weighted by Gasteiger charge is -2.14. The minimum atomic E-state index is -3.43. The van der Waals surface area contributed by atoms with E-state index >= 15 is 0 Å². The molecule has 0 unspecified atom stereocenters. The van der Waals surface area contributed by atoms with Gasteiger partial charge in [-0.1, -0.05) is 0 Å². The molecule has 0 aliphatic carbocycles.